The van der Waals surface area contributed by atoms with E-state index in [-0.39, 0.29) is 5.91 Å². The average Bonchev–Trinajstić information content (AvgIpc) is 2.91. The van der Waals surface area contributed by atoms with Crippen molar-refractivity contribution in [3.63, 3.8) is 0 Å². The van der Waals surface area contributed by atoms with E-state index in [0.717, 1.165) is 13.0 Å². The highest BCUT2D eigenvalue weighted by molar-refractivity contribution is 6.32. The summed E-state index contributed by atoms with van der Waals surface area (Å²) in [4.78, 5) is 12.3. The molecule has 1 aliphatic rings. The van der Waals surface area contributed by atoms with Crippen LogP contribution in [0.2, 0.25) is 5.02 Å². The number of anilines is 1. The van der Waals surface area contributed by atoms with E-state index < -0.39 is 0 Å². The predicted octanol–water partition coefficient (Wildman–Crippen LogP) is 2.58. The zero-order chi connectivity index (χ0) is 14.8. The van der Waals surface area contributed by atoms with Gasteiger partial charge in [-0.1, -0.05) is 11.6 Å². The van der Waals surface area contributed by atoms with Crippen molar-refractivity contribution < 1.29 is 14.3 Å². The molecular weight excluding hydrogens is 294 g/mol. The van der Waals surface area contributed by atoms with Crippen LogP contribution in [0.4, 0.5) is 5.69 Å². The van der Waals surface area contributed by atoms with Crippen LogP contribution in [-0.2, 0) is 6.54 Å². The standard InChI is InChI=1S/C14H14ClN3O3/c1-20-12-4-3-9(7-11(12)15)17-13(19)10-8-16-18-5-2-6-21-14(10)18/h3-4,7-8H,2,5-6H2,1H3,(H,17,19). The number of nitrogens with zero attached hydrogens (tertiary/aromatic N) is 2. The van der Waals surface area contributed by atoms with E-state index >= 15 is 0 Å². The number of methoxy groups -OCH3 is 1. The molecule has 3 rings (SSSR count). The Balaban J connectivity index is 1.80. The van der Waals surface area contributed by atoms with Gasteiger partial charge in [-0.15, -0.1) is 0 Å². The number of fused-ring (bicyclic) bond motifs is 1. The van der Waals surface area contributed by atoms with Crippen LogP contribution in [0.1, 0.15) is 16.8 Å². The molecule has 0 saturated carbocycles. The number of aromatic nitrogens is 2. The second-order valence-corrected chi connectivity index (χ2v) is 5.00. The third-order valence-corrected chi connectivity index (χ3v) is 3.49. The Labute approximate surface area is 126 Å². The number of halogens is 1. The lowest BCUT2D eigenvalue weighted by molar-refractivity contribution is 0.102. The van der Waals surface area contributed by atoms with Crippen LogP contribution >= 0.6 is 11.6 Å². The highest BCUT2D eigenvalue weighted by Gasteiger charge is 2.21. The first-order valence-electron chi connectivity index (χ1n) is 6.52. The third-order valence-electron chi connectivity index (χ3n) is 3.20. The largest absolute Gasteiger partial charge is 0.495 e. The monoisotopic (exact) mass is 307 g/mol. The van der Waals surface area contributed by atoms with Crippen LogP contribution in [0.3, 0.4) is 0 Å². The van der Waals surface area contributed by atoms with Gasteiger partial charge < -0.3 is 14.8 Å². The van der Waals surface area contributed by atoms with E-state index in [1.54, 1.807) is 22.9 Å². The second-order valence-electron chi connectivity index (χ2n) is 4.59. The van der Waals surface area contributed by atoms with Gasteiger partial charge in [0.1, 0.15) is 11.3 Å². The van der Waals surface area contributed by atoms with Gasteiger partial charge in [0.15, 0.2) is 0 Å². The quantitative estimate of drug-likeness (QED) is 0.946. The molecule has 2 aromatic rings. The van der Waals surface area contributed by atoms with Crippen LogP contribution in [0.5, 0.6) is 11.6 Å². The molecule has 2 heterocycles. The molecule has 7 heteroatoms. The number of carbonyl (C=O) groups is 1. The second kappa shape index (κ2) is 5.65. The first-order valence-corrected chi connectivity index (χ1v) is 6.90. The fraction of sp³-hybridized carbons (Fsp3) is 0.286. The molecule has 1 amide bonds. The van der Waals surface area contributed by atoms with E-state index in [0.29, 0.717) is 34.5 Å². The smallest absolute Gasteiger partial charge is 0.262 e. The van der Waals surface area contributed by atoms with Gasteiger partial charge in [0, 0.05) is 18.7 Å². The maximum atomic E-state index is 12.3. The minimum absolute atomic E-state index is 0.278. The molecule has 1 aromatic carbocycles. The zero-order valence-electron chi connectivity index (χ0n) is 11.4. The molecular formula is C14H14ClN3O3. The third kappa shape index (κ3) is 2.67. The van der Waals surface area contributed by atoms with Gasteiger partial charge in [-0.05, 0) is 18.2 Å². The number of amides is 1. The zero-order valence-corrected chi connectivity index (χ0v) is 12.2. The number of hydrogen-bond donors (Lipinski definition) is 1. The highest BCUT2D eigenvalue weighted by atomic mass is 35.5. The predicted molar refractivity (Wildman–Crippen MR) is 78.3 cm³/mol. The number of ether oxygens (including phenoxy) is 2. The minimum atomic E-state index is -0.278. The topological polar surface area (TPSA) is 65.4 Å². The molecule has 0 spiro atoms. The van der Waals surface area contributed by atoms with Crippen molar-refractivity contribution in [1.82, 2.24) is 9.78 Å². The summed E-state index contributed by atoms with van der Waals surface area (Å²) in [6.07, 6.45) is 2.41. The van der Waals surface area contributed by atoms with Crippen LogP contribution in [0.25, 0.3) is 0 Å². The van der Waals surface area contributed by atoms with Crippen molar-refractivity contribution in [3.05, 3.63) is 35.0 Å². The molecule has 6 nitrogen and oxygen atoms in total. The fourth-order valence-corrected chi connectivity index (χ4v) is 2.42. The van der Waals surface area contributed by atoms with E-state index in [2.05, 4.69) is 10.4 Å². The van der Waals surface area contributed by atoms with E-state index in [4.69, 9.17) is 21.1 Å². The summed E-state index contributed by atoms with van der Waals surface area (Å²) in [6, 6.07) is 5.05. The molecule has 1 aromatic heterocycles. The van der Waals surface area contributed by atoms with Crippen molar-refractivity contribution in [2.75, 3.05) is 19.0 Å². The number of benzene rings is 1. The van der Waals surface area contributed by atoms with Gasteiger partial charge in [0.25, 0.3) is 5.91 Å². The first kappa shape index (κ1) is 13.8. The molecule has 1 aliphatic heterocycles. The van der Waals surface area contributed by atoms with Gasteiger partial charge in [0.2, 0.25) is 5.88 Å². The molecule has 0 radical (unpaired) electrons. The van der Waals surface area contributed by atoms with E-state index in [1.807, 2.05) is 0 Å². The summed E-state index contributed by atoms with van der Waals surface area (Å²) in [7, 11) is 1.54. The van der Waals surface area contributed by atoms with Gasteiger partial charge in [0.05, 0.1) is 24.9 Å². The summed E-state index contributed by atoms with van der Waals surface area (Å²) < 4.78 is 12.3. The lowest BCUT2D eigenvalue weighted by atomic mass is 10.2. The van der Waals surface area contributed by atoms with Crippen molar-refractivity contribution in [1.29, 1.82) is 0 Å². The number of aryl methyl sites for hydroxylation is 1. The maximum Gasteiger partial charge on any atom is 0.262 e. The Bertz CT molecular complexity index is 684. The molecule has 0 unspecified atom stereocenters. The molecule has 1 N–H and O–H groups in total. The Morgan fingerprint density at radius 2 is 2.38 bits per heavy atom. The van der Waals surface area contributed by atoms with Crippen molar-refractivity contribution in [3.8, 4) is 11.6 Å². The number of hydrogen-bond acceptors (Lipinski definition) is 4. The SMILES string of the molecule is COc1ccc(NC(=O)c2cnn3c2OCCC3)cc1Cl. The fourth-order valence-electron chi connectivity index (χ4n) is 2.17. The molecule has 0 atom stereocenters. The van der Waals surface area contributed by atoms with Crippen LogP contribution in [0, 0.1) is 0 Å². The van der Waals surface area contributed by atoms with Crippen molar-refractivity contribution >= 4 is 23.2 Å². The Hall–Kier alpha value is -2.21. The van der Waals surface area contributed by atoms with Gasteiger partial charge in [-0.2, -0.15) is 5.10 Å². The Kier molecular flexibility index (Phi) is 3.70. The van der Waals surface area contributed by atoms with Crippen LogP contribution < -0.4 is 14.8 Å². The lowest BCUT2D eigenvalue weighted by Gasteiger charge is -2.16. The number of carbonyl (C=O) groups excluding carboxylic acids is 1. The van der Waals surface area contributed by atoms with Crippen LogP contribution in [-0.4, -0.2) is 29.4 Å². The Morgan fingerprint density at radius 3 is 3.14 bits per heavy atom. The Morgan fingerprint density at radius 1 is 1.52 bits per heavy atom. The lowest BCUT2D eigenvalue weighted by Crippen LogP contribution is -2.18. The number of nitrogens with one attached hydrogen (secondary N) is 1. The number of rotatable bonds is 3. The molecule has 21 heavy (non-hydrogen) atoms. The average molecular weight is 308 g/mol. The summed E-state index contributed by atoms with van der Waals surface area (Å²) in [5, 5.41) is 7.36. The van der Waals surface area contributed by atoms with Crippen molar-refractivity contribution in [2.24, 2.45) is 0 Å². The van der Waals surface area contributed by atoms with Gasteiger partial charge >= 0.3 is 0 Å². The molecule has 0 saturated heterocycles. The molecule has 110 valence electrons. The minimum Gasteiger partial charge on any atom is -0.495 e. The van der Waals surface area contributed by atoms with Gasteiger partial charge in [-0.25, -0.2) is 4.68 Å². The normalized spacial score (nSPS) is 13.2. The summed E-state index contributed by atoms with van der Waals surface area (Å²) in [5.74, 6) is 0.790. The van der Waals surface area contributed by atoms with Crippen molar-refractivity contribution in [2.45, 2.75) is 13.0 Å². The van der Waals surface area contributed by atoms with E-state index in [9.17, 15) is 4.79 Å². The van der Waals surface area contributed by atoms with Gasteiger partial charge in [-0.3, -0.25) is 4.79 Å². The first-order chi connectivity index (χ1) is 10.2. The molecule has 0 fully saturated rings. The summed E-state index contributed by atoms with van der Waals surface area (Å²) in [6.45, 7) is 1.36. The van der Waals surface area contributed by atoms with Crippen LogP contribution in [0.15, 0.2) is 24.4 Å². The molecule has 0 bridgehead atoms. The molecule has 0 aliphatic carbocycles. The highest BCUT2D eigenvalue weighted by Crippen LogP contribution is 2.28. The summed E-state index contributed by atoms with van der Waals surface area (Å²) in [5.41, 5.74) is 1.00. The maximum absolute atomic E-state index is 12.3. The summed E-state index contributed by atoms with van der Waals surface area (Å²) >= 11 is 6.04. The van der Waals surface area contributed by atoms with E-state index in [1.165, 1.54) is 13.3 Å².